The second-order valence-electron chi connectivity index (χ2n) is 5.78. The molecule has 6 heteroatoms. The number of hydrogen-bond acceptors (Lipinski definition) is 4. The molecule has 2 N–H and O–H groups in total. The Bertz CT molecular complexity index is 377. The summed E-state index contributed by atoms with van der Waals surface area (Å²) in [6, 6.07) is -0.0630. The molecule has 1 saturated heterocycles. The molecule has 0 aromatic carbocycles. The van der Waals surface area contributed by atoms with E-state index in [0.29, 0.717) is 6.54 Å². The molecule has 0 amide bonds. The number of sulfonamides is 1. The highest BCUT2D eigenvalue weighted by atomic mass is 32.2. The first-order valence-corrected chi connectivity index (χ1v) is 8.36. The number of aliphatic hydroxyl groups is 1. The third-order valence-electron chi connectivity index (χ3n) is 4.39. The van der Waals surface area contributed by atoms with Gasteiger partial charge in [-0.15, -0.1) is 4.83 Å². The summed E-state index contributed by atoms with van der Waals surface area (Å²) in [5, 5.41) is 10.9. The average Bonchev–Trinajstić information content (AvgIpc) is 2.76. The number of nitrogens with zero attached hydrogens (tertiary/aromatic N) is 1. The zero-order chi connectivity index (χ0) is 13.2. The van der Waals surface area contributed by atoms with Gasteiger partial charge >= 0.3 is 0 Å². The maximum Gasteiger partial charge on any atom is 0.229 e. The first-order valence-electron chi connectivity index (χ1n) is 6.88. The Morgan fingerprint density at radius 1 is 1.28 bits per heavy atom. The molecule has 18 heavy (non-hydrogen) atoms. The first-order chi connectivity index (χ1) is 8.48. The SMILES string of the molecule is CC1(S(=O)(=O)NN2CCC[C@@H]2CO)CCCCC1. The van der Waals surface area contributed by atoms with Crippen molar-refractivity contribution in [3.63, 3.8) is 0 Å². The fraction of sp³-hybridized carbons (Fsp3) is 1.00. The van der Waals surface area contributed by atoms with E-state index in [0.717, 1.165) is 44.9 Å². The zero-order valence-corrected chi connectivity index (χ0v) is 11.9. The molecule has 1 aliphatic carbocycles. The van der Waals surface area contributed by atoms with Gasteiger partial charge in [-0.2, -0.15) is 0 Å². The molecule has 2 aliphatic rings. The predicted molar refractivity (Wildman–Crippen MR) is 70.4 cm³/mol. The van der Waals surface area contributed by atoms with Crippen LogP contribution in [-0.4, -0.2) is 42.5 Å². The van der Waals surface area contributed by atoms with E-state index in [-0.39, 0.29) is 12.6 Å². The van der Waals surface area contributed by atoms with Crippen molar-refractivity contribution in [2.75, 3.05) is 13.2 Å². The second kappa shape index (κ2) is 5.45. The van der Waals surface area contributed by atoms with Gasteiger partial charge in [0.1, 0.15) is 0 Å². The van der Waals surface area contributed by atoms with E-state index in [1.165, 1.54) is 0 Å². The number of rotatable bonds is 4. The molecular formula is C12H24N2O3S. The smallest absolute Gasteiger partial charge is 0.229 e. The number of hydrazine groups is 1. The van der Waals surface area contributed by atoms with E-state index < -0.39 is 14.8 Å². The van der Waals surface area contributed by atoms with Gasteiger partial charge in [0.2, 0.25) is 10.0 Å². The van der Waals surface area contributed by atoms with E-state index in [1.54, 1.807) is 5.01 Å². The first kappa shape index (κ1) is 14.2. The Kier molecular flexibility index (Phi) is 4.31. The van der Waals surface area contributed by atoms with Gasteiger partial charge < -0.3 is 5.11 Å². The predicted octanol–water partition coefficient (Wildman–Crippen LogP) is 1.00. The lowest BCUT2D eigenvalue weighted by Gasteiger charge is -2.35. The third kappa shape index (κ3) is 2.71. The molecule has 0 unspecified atom stereocenters. The van der Waals surface area contributed by atoms with E-state index in [9.17, 15) is 13.5 Å². The normalized spacial score (nSPS) is 29.6. The molecule has 5 nitrogen and oxygen atoms in total. The van der Waals surface area contributed by atoms with Gasteiger partial charge in [-0.3, -0.25) is 0 Å². The molecule has 2 fully saturated rings. The summed E-state index contributed by atoms with van der Waals surface area (Å²) >= 11 is 0. The molecule has 1 atom stereocenters. The number of nitrogens with one attached hydrogen (secondary N) is 1. The molecule has 0 radical (unpaired) electrons. The standard InChI is InChI=1S/C12H24N2O3S/c1-12(7-3-2-4-8-12)18(16,17)13-14-9-5-6-11(14)10-15/h11,13,15H,2-10H2,1H3/t11-/m1/s1. The summed E-state index contributed by atoms with van der Waals surface area (Å²) in [5.41, 5.74) is 0. The Balaban J connectivity index is 2.06. The van der Waals surface area contributed by atoms with Crippen molar-refractivity contribution in [1.29, 1.82) is 0 Å². The van der Waals surface area contributed by atoms with Crippen LogP contribution >= 0.6 is 0 Å². The highest BCUT2D eigenvalue weighted by Gasteiger charge is 2.42. The van der Waals surface area contributed by atoms with Crippen molar-refractivity contribution < 1.29 is 13.5 Å². The Morgan fingerprint density at radius 2 is 1.94 bits per heavy atom. The summed E-state index contributed by atoms with van der Waals surface area (Å²) < 4.78 is 24.3. The summed E-state index contributed by atoms with van der Waals surface area (Å²) in [5.74, 6) is 0. The van der Waals surface area contributed by atoms with E-state index in [1.807, 2.05) is 6.92 Å². The van der Waals surface area contributed by atoms with Crippen molar-refractivity contribution in [2.24, 2.45) is 0 Å². The van der Waals surface area contributed by atoms with Crippen molar-refractivity contribution in [2.45, 2.75) is 62.7 Å². The van der Waals surface area contributed by atoms with Crippen LogP contribution in [0, 0.1) is 0 Å². The van der Waals surface area contributed by atoms with Gasteiger partial charge in [0.25, 0.3) is 0 Å². The van der Waals surface area contributed by atoms with Crippen molar-refractivity contribution in [3.8, 4) is 0 Å². The molecule has 1 heterocycles. The van der Waals surface area contributed by atoms with Crippen molar-refractivity contribution in [1.82, 2.24) is 9.84 Å². The highest BCUT2D eigenvalue weighted by Crippen LogP contribution is 2.34. The molecule has 0 spiro atoms. The molecule has 106 valence electrons. The molecule has 0 aromatic heterocycles. The van der Waals surface area contributed by atoms with E-state index in [4.69, 9.17) is 0 Å². The van der Waals surface area contributed by atoms with Gasteiger partial charge in [0.05, 0.1) is 11.4 Å². The maximum absolute atomic E-state index is 12.5. The van der Waals surface area contributed by atoms with Crippen LogP contribution in [0.1, 0.15) is 51.9 Å². The molecular weight excluding hydrogens is 252 g/mol. The van der Waals surface area contributed by atoms with Crippen molar-refractivity contribution in [3.05, 3.63) is 0 Å². The third-order valence-corrected chi connectivity index (χ3v) is 6.57. The minimum Gasteiger partial charge on any atom is -0.395 e. The molecule has 2 rings (SSSR count). The molecule has 1 aliphatic heterocycles. The molecule has 0 aromatic rings. The minimum atomic E-state index is -3.34. The number of hydrogen-bond donors (Lipinski definition) is 2. The number of aliphatic hydroxyl groups excluding tert-OH is 1. The van der Waals surface area contributed by atoms with Crippen molar-refractivity contribution >= 4 is 10.0 Å². The lowest BCUT2D eigenvalue weighted by atomic mass is 9.90. The lowest BCUT2D eigenvalue weighted by molar-refractivity contribution is 0.139. The van der Waals surface area contributed by atoms with E-state index >= 15 is 0 Å². The largest absolute Gasteiger partial charge is 0.395 e. The van der Waals surface area contributed by atoms with Gasteiger partial charge in [0.15, 0.2) is 0 Å². The van der Waals surface area contributed by atoms with Gasteiger partial charge in [-0.05, 0) is 32.6 Å². The Hall–Kier alpha value is -0.170. The summed E-state index contributed by atoms with van der Waals surface area (Å²) in [7, 11) is -3.34. The van der Waals surface area contributed by atoms with Gasteiger partial charge in [-0.1, -0.05) is 19.3 Å². The lowest BCUT2D eigenvalue weighted by Crippen LogP contribution is -2.54. The van der Waals surface area contributed by atoms with Crippen LogP contribution in [0.4, 0.5) is 0 Å². The maximum atomic E-state index is 12.5. The van der Waals surface area contributed by atoms with Crippen LogP contribution < -0.4 is 4.83 Å². The molecule has 1 saturated carbocycles. The van der Waals surface area contributed by atoms with Gasteiger partial charge in [0, 0.05) is 12.6 Å². The summed E-state index contributed by atoms with van der Waals surface area (Å²) in [6.07, 6.45) is 6.37. The van der Waals surface area contributed by atoms with E-state index in [2.05, 4.69) is 4.83 Å². The highest BCUT2D eigenvalue weighted by molar-refractivity contribution is 7.90. The van der Waals surface area contributed by atoms with Gasteiger partial charge in [-0.25, -0.2) is 13.4 Å². The van der Waals surface area contributed by atoms with Crippen LogP contribution in [0.2, 0.25) is 0 Å². The van der Waals surface area contributed by atoms with Crippen LogP contribution in [0.25, 0.3) is 0 Å². The van der Waals surface area contributed by atoms with Crippen LogP contribution in [0.5, 0.6) is 0 Å². The fourth-order valence-electron chi connectivity index (χ4n) is 2.98. The quantitative estimate of drug-likeness (QED) is 0.804. The van der Waals surface area contributed by atoms with Crippen LogP contribution in [0.3, 0.4) is 0 Å². The minimum absolute atomic E-state index is 0.0131. The average molecular weight is 276 g/mol. The Morgan fingerprint density at radius 3 is 2.56 bits per heavy atom. The monoisotopic (exact) mass is 276 g/mol. The van der Waals surface area contributed by atoms with Crippen LogP contribution in [-0.2, 0) is 10.0 Å². The topological polar surface area (TPSA) is 69.6 Å². The summed E-state index contributed by atoms with van der Waals surface area (Å²) in [4.78, 5) is 2.71. The molecule has 0 bridgehead atoms. The fourth-order valence-corrected chi connectivity index (χ4v) is 4.57. The zero-order valence-electron chi connectivity index (χ0n) is 11.1. The Labute approximate surface area is 110 Å². The van der Waals surface area contributed by atoms with Crippen LogP contribution in [0.15, 0.2) is 0 Å². The second-order valence-corrected chi connectivity index (χ2v) is 7.95. The summed E-state index contributed by atoms with van der Waals surface area (Å²) in [6.45, 7) is 2.55.